The Morgan fingerprint density at radius 1 is 1.23 bits per heavy atom. The van der Waals surface area contributed by atoms with Crippen LogP contribution in [0.4, 0.5) is 4.39 Å². The molecule has 0 amide bonds. The van der Waals surface area contributed by atoms with Gasteiger partial charge in [0.25, 0.3) is 10.1 Å². The van der Waals surface area contributed by atoms with Gasteiger partial charge in [0, 0.05) is 0 Å². The molecule has 0 unspecified atom stereocenters. The maximum Gasteiger partial charge on any atom is 0.287 e. The molecule has 0 atom stereocenters. The molecule has 0 fully saturated rings. The van der Waals surface area contributed by atoms with E-state index in [9.17, 15) is 12.8 Å². The molecule has 5 heteroatoms. The van der Waals surface area contributed by atoms with Crippen molar-refractivity contribution >= 4 is 16.2 Å². The highest BCUT2D eigenvalue weighted by Crippen LogP contribution is 2.05. The van der Waals surface area contributed by atoms with E-state index >= 15 is 0 Å². The Morgan fingerprint density at radius 2 is 1.77 bits per heavy atom. The second-order valence-corrected chi connectivity index (χ2v) is 3.67. The molecule has 1 N–H and O–H groups in total. The van der Waals surface area contributed by atoms with E-state index in [2.05, 4.69) is 0 Å². The molecule has 0 heterocycles. The maximum absolute atomic E-state index is 12.4. The molecule has 0 aliphatic rings. The van der Waals surface area contributed by atoms with Crippen LogP contribution in [0, 0.1) is 5.82 Å². The number of rotatable bonds is 2. The summed E-state index contributed by atoms with van der Waals surface area (Å²) in [6, 6.07) is 5.20. The first-order valence-electron chi connectivity index (χ1n) is 3.38. The lowest BCUT2D eigenvalue weighted by molar-refractivity contribution is 0.494. The third-order valence-corrected chi connectivity index (χ3v) is 1.78. The van der Waals surface area contributed by atoms with Crippen molar-refractivity contribution in [3.8, 4) is 0 Å². The van der Waals surface area contributed by atoms with Gasteiger partial charge in [-0.25, -0.2) is 4.39 Å². The van der Waals surface area contributed by atoms with Gasteiger partial charge < -0.3 is 0 Å². The van der Waals surface area contributed by atoms with Crippen LogP contribution in [-0.2, 0) is 10.1 Å². The van der Waals surface area contributed by atoms with Crippen LogP contribution in [0.1, 0.15) is 5.56 Å². The molecule has 0 aliphatic heterocycles. The minimum atomic E-state index is -4.11. The average molecular weight is 202 g/mol. The summed E-state index contributed by atoms with van der Waals surface area (Å²) in [6.45, 7) is 0. The molecule has 0 aliphatic carbocycles. The fraction of sp³-hybridized carbons (Fsp3) is 0. The van der Waals surface area contributed by atoms with Crippen molar-refractivity contribution in [3.05, 3.63) is 41.1 Å². The third-order valence-electron chi connectivity index (χ3n) is 1.30. The van der Waals surface area contributed by atoms with Gasteiger partial charge in [-0.3, -0.25) is 4.55 Å². The van der Waals surface area contributed by atoms with Gasteiger partial charge in [-0.2, -0.15) is 8.42 Å². The van der Waals surface area contributed by atoms with E-state index in [1.54, 1.807) is 0 Å². The van der Waals surface area contributed by atoms with E-state index in [0.29, 0.717) is 11.0 Å². The van der Waals surface area contributed by atoms with Gasteiger partial charge in [0.15, 0.2) is 0 Å². The average Bonchev–Trinajstić information content (AvgIpc) is 2.02. The molecule has 0 aromatic heterocycles. The highest BCUT2D eigenvalue weighted by atomic mass is 32.2. The summed E-state index contributed by atoms with van der Waals surface area (Å²) in [5.74, 6) is -0.399. The van der Waals surface area contributed by atoms with Gasteiger partial charge in [0.05, 0.1) is 5.41 Å². The Bertz CT molecular complexity index is 406. The topological polar surface area (TPSA) is 54.4 Å². The first-order chi connectivity index (χ1) is 5.97. The molecule has 70 valence electrons. The summed E-state index contributed by atoms with van der Waals surface area (Å²) in [7, 11) is -4.11. The van der Waals surface area contributed by atoms with Gasteiger partial charge in [0.1, 0.15) is 5.82 Å². The predicted octanol–water partition coefficient (Wildman–Crippen LogP) is 1.68. The standard InChI is InChI=1S/C8H7FO3S/c9-8-3-1-7(2-4-8)5-6-13(10,11)12/h1-6H,(H,10,11,12)/b6-5+. The number of hydrogen-bond acceptors (Lipinski definition) is 2. The fourth-order valence-corrected chi connectivity index (χ4v) is 1.07. The van der Waals surface area contributed by atoms with Crippen LogP contribution >= 0.6 is 0 Å². The molecule has 0 bridgehead atoms. The second-order valence-electron chi connectivity index (χ2n) is 2.37. The predicted molar refractivity (Wildman–Crippen MR) is 47.0 cm³/mol. The Balaban J connectivity index is 2.88. The first kappa shape index (κ1) is 9.88. The van der Waals surface area contributed by atoms with Crippen LogP contribution < -0.4 is 0 Å². The van der Waals surface area contributed by atoms with Gasteiger partial charge >= 0.3 is 0 Å². The molecule has 13 heavy (non-hydrogen) atoms. The van der Waals surface area contributed by atoms with E-state index in [-0.39, 0.29) is 0 Å². The number of hydrogen-bond donors (Lipinski definition) is 1. The monoisotopic (exact) mass is 202 g/mol. The summed E-state index contributed by atoms with van der Waals surface area (Å²) >= 11 is 0. The van der Waals surface area contributed by atoms with Gasteiger partial charge in [-0.15, -0.1) is 0 Å². The second kappa shape index (κ2) is 3.68. The lowest BCUT2D eigenvalue weighted by Gasteiger charge is -1.91. The van der Waals surface area contributed by atoms with E-state index in [1.165, 1.54) is 30.3 Å². The summed E-state index contributed by atoms with van der Waals surface area (Å²) in [5, 5.41) is 0.639. The highest BCUT2D eigenvalue weighted by Gasteiger charge is 1.95. The quantitative estimate of drug-likeness (QED) is 0.742. The highest BCUT2D eigenvalue weighted by molar-refractivity contribution is 7.88. The zero-order chi connectivity index (χ0) is 9.90. The summed E-state index contributed by atoms with van der Waals surface area (Å²) in [5.41, 5.74) is 0.499. The fourth-order valence-electron chi connectivity index (χ4n) is 0.738. The van der Waals surface area contributed by atoms with Crippen LogP contribution in [0.25, 0.3) is 6.08 Å². The Kier molecular flexibility index (Phi) is 2.79. The minimum Gasteiger partial charge on any atom is -0.282 e. The smallest absolute Gasteiger partial charge is 0.282 e. The van der Waals surface area contributed by atoms with Crippen molar-refractivity contribution in [3.63, 3.8) is 0 Å². The lowest BCUT2D eigenvalue weighted by atomic mass is 10.2. The van der Waals surface area contributed by atoms with Crippen molar-refractivity contribution in [2.24, 2.45) is 0 Å². The SMILES string of the molecule is O=S(=O)(O)/C=C/c1ccc(F)cc1. The molecule has 0 radical (unpaired) electrons. The summed E-state index contributed by atoms with van der Waals surface area (Å²) in [6.07, 6.45) is 1.18. The van der Waals surface area contributed by atoms with E-state index in [0.717, 1.165) is 0 Å². The minimum absolute atomic E-state index is 0.399. The van der Waals surface area contributed by atoms with Crippen molar-refractivity contribution in [1.29, 1.82) is 0 Å². The van der Waals surface area contributed by atoms with Crippen LogP contribution in [-0.4, -0.2) is 13.0 Å². The van der Waals surface area contributed by atoms with E-state index < -0.39 is 15.9 Å². The van der Waals surface area contributed by atoms with Gasteiger partial charge in [-0.05, 0) is 23.8 Å². The zero-order valence-electron chi connectivity index (χ0n) is 6.51. The molecule has 1 aromatic rings. The van der Waals surface area contributed by atoms with Crippen LogP contribution in [0.15, 0.2) is 29.7 Å². The molecule has 0 saturated heterocycles. The third kappa shape index (κ3) is 3.82. The molecular weight excluding hydrogens is 195 g/mol. The van der Waals surface area contributed by atoms with Gasteiger partial charge in [-0.1, -0.05) is 12.1 Å². The zero-order valence-corrected chi connectivity index (χ0v) is 7.33. The molecule has 1 rings (SSSR count). The van der Waals surface area contributed by atoms with Crippen molar-refractivity contribution in [2.45, 2.75) is 0 Å². The van der Waals surface area contributed by atoms with E-state index in [4.69, 9.17) is 4.55 Å². The molecule has 3 nitrogen and oxygen atoms in total. The first-order valence-corrected chi connectivity index (χ1v) is 4.89. The summed E-state index contributed by atoms with van der Waals surface area (Å²) < 4.78 is 41.2. The molecule has 0 spiro atoms. The molecule has 0 saturated carbocycles. The van der Waals surface area contributed by atoms with E-state index in [1.807, 2.05) is 0 Å². The summed E-state index contributed by atoms with van der Waals surface area (Å²) in [4.78, 5) is 0. The van der Waals surface area contributed by atoms with Crippen LogP contribution in [0.5, 0.6) is 0 Å². The largest absolute Gasteiger partial charge is 0.287 e. The Morgan fingerprint density at radius 3 is 2.23 bits per heavy atom. The van der Waals surface area contributed by atoms with Crippen molar-refractivity contribution < 1.29 is 17.4 Å². The number of halogens is 1. The normalized spacial score (nSPS) is 12.2. The molecule has 1 aromatic carbocycles. The van der Waals surface area contributed by atoms with Crippen molar-refractivity contribution in [1.82, 2.24) is 0 Å². The van der Waals surface area contributed by atoms with Crippen molar-refractivity contribution in [2.75, 3.05) is 0 Å². The number of benzene rings is 1. The molecular formula is C8H7FO3S. The van der Waals surface area contributed by atoms with Gasteiger partial charge in [0.2, 0.25) is 0 Å². The maximum atomic E-state index is 12.4. The van der Waals surface area contributed by atoms with Crippen LogP contribution in [0.2, 0.25) is 0 Å². The van der Waals surface area contributed by atoms with Crippen LogP contribution in [0.3, 0.4) is 0 Å². The lowest BCUT2D eigenvalue weighted by Crippen LogP contribution is -1.88. The Hall–Kier alpha value is -1.20. The Labute approximate surface area is 75.3 Å².